The molecule has 0 aliphatic carbocycles. The van der Waals surface area contributed by atoms with Crippen molar-refractivity contribution in [1.82, 2.24) is 19.9 Å². The molecular weight excluding hydrogens is 297 g/mol. The van der Waals surface area contributed by atoms with Crippen molar-refractivity contribution >= 4 is 34.6 Å². The second-order valence-corrected chi connectivity index (χ2v) is 5.05. The molecule has 0 spiro atoms. The van der Waals surface area contributed by atoms with E-state index >= 15 is 0 Å². The Kier molecular flexibility index (Phi) is 3.18. The van der Waals surface area contributed by atoms with Gasteiger partial charge in [0.25, 0.3) is 0 Å². The Labute approximate surface area is 121 Å². The number of hydrogen-bond acceptors (Lipinski definition) is 6. The van der Waals surface area contributed by atoms with Gasteiger partial charge in [-0.05, 0) is 12.1 Å². The third-order valence-electron chi connectivity index (χ3n) is 2.76. The smallest absolute Gasteiger partial charge is 0.339 e. The number of H-pyrrole nitrogens is 1. The Morgan fingerprint density at radius 2 is 2.14 bits per heavy atom. The highest BCUT2D eigenvalue weighted by molar-refractivity contribution is 7.99. The number of aromatic carboxylic acids is 1. The molecule has 4 N–H and O–H groups in total. The molecule has 2 aromatic heterocycles. The van der Waals surface area contributed by atoms with Crippen LogP contribution in [0.25, 0.3) is 11.2 Å². The Morgan fingerprint density at radius 3 is 2.90 bits per heavy atom. The van der Waals surface area contributed by atoms with Crippen LogP contribution in [0.1, 0.15) is 10.4 Å². The maximum atomic E-state index is 13.4. The highest BCUT2D eigenvalue weighted by Gasteiger charge is 2.19. The summed E-state index contributed by atoms with van der Waals surface area (Å²) in [4.78, 5) is 26.5. The molecule has 0 saturated carbocycles. The largest absolute Gasteiger partial charge is 0.478 e. The van der Waals surface area contributed by atoms with E-state index in [1.807, 2.05) is 0 Å². The van der Waals surface area contributed by atoms with Gasteiger partial charge in [0, 0.05) is 4.90 Å². The summed E-state index contributed by atoms with van der Waals surface area (Å²) < 4.78 is 13.4. The van der Waals surface area contributed by atoms with E-state index < -0.39 is 17.5 Å². The van der Waals surface area contributed by atoms with Gasteiger partial charge < -0.3 is 15.8 Å². The summed E-state index contributed by atoms with van der Waals surface area (Å²) in [6, 6.07) is 2.47. The third kappa shape index (κ3) is 2.27. The quantitative estimate of drug-likeness (QED) is 0.499. The van der Waals surface area contributed by atoms with Crippen LogP contribution in [-0.2, 0) is 0 Å². The van der Waals surface area contributed by atoms with Crippen molar-refractivity contribution in [3.8, 4) is 0 Å². The van der Waals surface area contributed by atoms with E-state index in [1.165, 1.54) is 18.7 Å². The van der Waals surface area contributed by atoms with E-state index in [0.29, 0.717) is 16.2 Å². The van der Waals surface area contributed by atoms with Gasteiger partial charge in [-0.15, -0.1) is 0 Å². The molecule has 0 aliphatic heterocycles. The molecule has 0 bridgehead atoms. The Morgan fingerprint density at radius 1 is 1.33 bits per heavy atom. The lowest BCUT2D eigenvalue weighted by molar-refractivity contribution is 0.0694. The van der Waals surface area contributed by atoms with Crippen molar-refractivity contribution in [3.05, 3.63) is 36.2 Å². The van der Waals surface area contributed by atoms with E-state index in [9.17, 15) is 14.3 Å². The van der Waals surface area contributed by atoms with E-state index in [-0.39, 0.29) is 10.5 Å². The van der Waals surface area contributed by atoms with Gasteiger partial charge in [0.05, 0.1) is 17.6 Å². The highest BCUT2D eigenvalue weighted by atomic mass is 32.2. The number of aromatic nitrogens is 4. The average molecular weight is 305 g/mol. The number of aromatic amines is 1. The number of halogens is 1. The third-order valence-corrected chi connectivity index (χ3v) is 3.83. The maximum Gasteiger partial charge on any atom is 0.339 e. The fraction of sp³-hybridized carbons (Fsp3) is 0. The number of nitrogens with one attached hydrogen (secondary N) is 1. The van der Waals surface area contributed by atoms with Gasteiger partial charge in [-0.3, -0.25) is 0 Å². The Hall–Kier alpha value is -2.68. The summed E-state index contributed by atoms with van der Waals surface area (Å²) in [5, 5.41) is 9.69. The molecule has 3 rings (SSSR count). The summed E-state index contributed by atoms with van der Waals surface area (Å²) in [5.41, 5.74) is 5.85. The lowest BCUT2D eigenvalue weighted by Gasteiger charge is -2.08. The molecule has 1 aromatic carbocycles. The number of imidazole rings is 1. The van der Waals surface area contributed by atoms with Crippen LogP contribution < -0.4 is 5.73 Å². The van der Waals surface area contributed by atoms with Crippen molar-refractivity contribution in [2.45, 2.75) is 9.92 Å². The molecule has 21 heavy (non-hydrogen) atoms. The topological polar surface area (TPSA) is 118 Å². The van der Waals surface area contributed by atoms with Crippen LogP contribution in [0.2, 0.25) is 0 Å². The number of carboxylic acids is 1. The number of nitrogen functional groups attached to an aromatic ring is 1. The first-order valence-electron chi connectivity index (χ1n) is 5.71. The van der Waals surface area contributed by atoms with Gasteiger partial charge in [-0.25, -0.2) is 24.1 Å². The van der Waals surface area contributed by atoms with Gasteiger partial charge in [-0.1, -0.05) is 11.8 Å². The first kappa shape index (κ1) is 13.3. The summed E-state index contributed by atoms with van der Waals surface area (Å²) in [6.45, 7) is 0. The Bertz CT molecular complexity index is 851. The molecule has 9 heteroatoms. The molecule has 0 saturated heterocycles. The minimum atomic E-state index is -1.30. The van der Waals surface area contributed by atoms with Crippen LogP contribution >= 0.6 is 11.8 Å². The lowest BCUT2D eigenvalue weighted by Crippen LogP contribution is -2.06. The lowest BCUT2D eigenvalue weighted by atomic mass is 10.2. The minimum absolute atomic E-state index is 0.286. The number of anilines is 1. The van der Waals surface area contributed by atoms with E-state index in [1.54, 1.807) is 0 Å². The zero-order valence-corrected chi connectivity index (χ0v) is 11.2. The molecule has 0 atom stereocenters. The van der Waals surface area contributed by atoms with Gasteiger partial charge in [0.15, 0.2) is 5.65 Å². The molecule has 0 amide bonds. The monoisotopic (exact) mass is 305 g/mol. The predicted octanol–water partition coefficient (Wildman–Crippen LogP) is 1.92. The number of benzene rings is 1. The van der Waals surface area contributed by atoms with Crippen molar-refractivity contribution in [2.24, 2.45) is 0 Å². The number of fused-ring (bicyclic) bond motifs is 1. The van der Waals surface area contributed by atoms with Gasteiger partial charge >= 0.3 is 5.97 Å². The highest BCUT2D eigenvalue weighted by Crippen LogP contribution is 2.35. The van der Waals surface area contributed by atoms with Crippen LogP contribution in [0, 0.1) is 5.82 Å². The zero-order chi connectivity index (χ0) is 15.0. The molecular formula is C12H8FN5O2S. The molecule has 0 aliphatic rings. The molecule has 3 aromatic rings. The van der Waals surface area contributed by atoms with Crippen LogP contribution in [0.5, 0.6) is 0 Å². The standard InChI is InChI=1S/C12H8FN5O2S/c13-5-1-2-6(7(8(5)14)12(19)20)21-11-9-10(16-3-15-9)17-4-18-11/h1-4H,14H2,(H,19,20)(H,15,16,17,18). The summed E-state index contributed by atoms with van der Waals surface area (Å²) >= 11 is 1.05. The van der Waals surface area contributed by atoms with Crippen molar-refractivity contribution in [3.63, 3.8) is 0 Å². The molecule has 0 unspecified atom stereocenters. The molecule has 2 heterocycles. The Balaban J connectivity index is 2.12. The molecule has 106 valence electrons. The van der Waals surface area contributed by atoms with Gasteiger partial charge in [0.2, 0.25) is 0 Å². The zero-order valence-electron chi connectivity index (χ0n) is 10.4. The maximum absolute atomic E-state index is 13.4. The molecule has 0 fully saturated rings. The van der Waals surface area contributed by atoms with Crippen LogP contribution in [-0.4, -0.2) is 31.0 Å². The van der Waals surface area contributed by atoms with E-state index in [4.69, 9.17) is 5.73 Å². The van der Waals surface area contributed by atoms with Crippen LogP contribution in [0.3, 0.4) is 0 Å². The van der Waals surface area contributed by atoms with Crippen molar-refractivity contribution in [1.29, 1.82) is 0 Å². The summed E-state index contributed by atoms with van der Waals surface area (Å²) in [7, 11) is 0. The van der Waals surface area contributed by atoms with E-state index in [0.717, 1.165) is 17.8 Å². The van der Waals surface area contributed by atoms with Crippen molar-refractivity contribution in [2.75, 3.05) is 5.73 Å². The number of carbonyl (C=O) groups is 1. The number of carboxylic acid groups (broad SMARTS) is 1. The van der Waals surface area contributed by atoms with Gasteiger partial charge in [0.1, 0.15) is 22.7 Å². The second-order valence-electron chi connectivity index (χ2n) is 4.02. The fourth-order valence-electron chi connectivity index (χ4n) is 1.80. The summed E-state index contributed by atoms with van der Waals surface area (Å²) in [5.74, 6) is -2.07. The summed E-state index contributed by atoms with van der Waals surface area (Å²) in [6.07, 6.45) is 2.78. The predicted molar refractivity (Wildman–Crippen MR) is 73.6 cm³/mol. The average Bonchev–Trinajstić information content (AvgIpc) is 2.92. The molecule has 0 radical (unpaired) electrons. The number of nitrogens with zero attached hydrogens (tertiary/aromatic N) is 3. The number of rotatable bonds is 3. The first-order chi connectivity index (χ1) is 10.1. The first-order valence-corrected chi connectivity index (χ1v) is 6.52. The number of hydrogen-bond donors (Lipinski definition) is 3. The second kappa shape index (κ2) is 5.02. The van der Waals surface area contributed by atoms with Crippen LogP contribution in [0.4, 0.5) is 10.1 Å². The molecule has 7 nitrogen and oxygen atoms in total. The van der Waals surface area contributed by atoms with Crippen molar-refractivity contribution < 1.29 is 14.3 Å². The fourth-order valence-corrected chi connectivity index (χ4v) is 2.80. The SMILES string of the molecule is Nc1c(F)ccc(Sc2ncnc3nc[nH]c23)c1C(=O)O. The van der Waals surface area contributed by atoms with E-state index in [2.05, 4.69) is 19.9 Å². The van der Waals surface area contributed by atoms with Crippen LogP contribution in [0.15, 0.2) is 34.7 Å². The minimum Gasteiger partial charge on any atom is -0.478 e. The van der Waals surface area contributed by atoms with Gasteiger partial charge in [-0.2, -0.15) is 0 Å². The normalized spacial score (nSPS) is 10.9. The number of nitrogens with two attached hydrogens (primary N) is 1.